The number of amides is 2. The Morgan fingerprint density at radius 2 is 2.07 bits per heavy atom. The maximum absolute atomic E-state index is 11.8. The monoisotopic (exact) mass is 199 g/mol. The molecule has 4 nitrogen and oxygen atoms in total. The quantitative estimate of drug-likeness (QED) is 0.717. The van der Waals surface area contributed by atoms with Gasteiger partial charge in [-0.05, 0) is 33.7 Å². The maximum atomic E-state index is 11.8. The summed E-state index contributed by atoms with van der Waals surface area (Å²) in [6.07, 6.45) is 0.884. The second-order valence-corrected chi connectivity index (χ2v) is 4.91. The van der Waals surface area contributed by atoms with Crippen LogP contribution in [0.2, 0.25) is 0 Å². The first-order chi connectivity index (χ1) is 6.38. The molecule has 1 saturated heterocycles. The van der Waals surface area contributed by atoms with Crippen LogP contribution in [0.5, 0.6) is 0 Å². The van der Waals surface area contributed by atoms with E-state index in [1.807, 2.05) is 11.9 Å². The fraction of sp³-hybridized carbons (Fsp3) is 0.900. The number of rotatable bonds is 2. The number of likely N-dealkylation sites (N-methyl/N-ethyl adjacent to an activating group) is 1. The van der Waals surface area contributed by atoms with Gasteiger partial charge in [0.15, 0.2) is 0 Å². The molecule has 0 radical (unpaired) electrons. The van der Waals surface area contributed by atoms with Crippen molar-refractivity contribution in [3.8, 4) is 0 Å². The largest absolute Gasteiger partial charge is 0.330 e. The van der Waals surface area contributed by atoms with E-state index in [1.54, 1.807) is 4.90 Å². The summed E-state index contributed by atoms with van der Waals surface area (Å²) in [5, 5.41) is 0. The smallest absolute Gasteiger partial charge is 0.320 e. The highest BCUT2D eigenvalue weighted by Gasteiger charge is 2.39. The van der Waals surface area contributed by atoms with Crippen LogP contribution in [0.15, 0.2) is 0 Å². The van der Waals surface area contributed by atoms with Gasteiger partial charge in [-0.2, -0.15) is 0 Å². The third-order valence-corrected chi connectivity index (χ3v) is 2.78. The van der Waals surface area contributed by atoms with Gasteiger partial charge in [0, 0.05) is 19.1 Å². The van der Waals surface area contributed by atoms with E-state index in [0.717, 1.165) is 13.0 Å². The van der Waals surface area contributed by atoms with Gasteiger partial charge in [-0.3, -0.25) is 0 Å². The normalized spacial score (nSPS) is 23.5. The molecule has 4 heteroatoms. The highest BCUT2D eigenvalue weighted by molar-refractivity contribution is 5.77. The molecule has 14 heavy (non-hydrogen) atoms. The number of nitrogens with zero attached hydrogens (tertiary/aromatic N) is 2. The Morgan fingerprint density at radius 3 is 2.43 bits per heavy atom. The molecule has 1 fully saturated rings. The number of nitrogens with two attached hydrogens (primary N) is 1. The van der Waals surface area contributed by atoms with E-state index < -0.39 is 0 Å². The summed E-state index contributed by atoms with van der Waals surface area (Å²) in [5.41, 5.74) is 5.43. The van der Waals surface area contributed by atoms with Crippen LogP contribution in [0.1, 0.15) is 27.2 Å². The minimum absolute atomic E-state index is 0.0886. The summed E-state index contributed by atoms with van der Waals surface area (Å²) in [4.78, 5) is 15.6. The van der Waals surface area contributed by atoms with E-state index in [0.29, 0.717) is 6.54 Å². The van der Waals surface area contributed by atoms with Crippen molar-refractivity contribution in [1.29, 1.82) is 0 Å². The van der Waals surface area contributed by atoms with Crippen molar-refractivity contribution in [2.24, 2.45) is 5.73 Å². The van der Waals surface area contributed by atoms with Crippen molar-refractivity contribution in [3.05, 3.63) is 0 Å². The van der Waals surface area contributed by atoms with Gasteiger partial charge in [-0.1, -0.05) is 0 Å². The molecule has 1 rings (SSSR count). The summed E-state index contributed by atoms with van der Waals surface area (Å²) < 4.78 is 0. The van der Waals surface area contributed by atoms with E-state index in [4.69, 9.17) is 5.73 Å². The number of hydrogen-bond donors (Lipinski definition) is 1. The minimum Gasteiger partial charge on any atom is -0.330 e. The lowest BCUT2D eigenvalue weighted by atomic mass is 10.1. The Morgan fingerprint density at radius 1 is 1.50 bits per heavy atom. The molecule has 1 atom stereocenters. The molecule has 82 valence electrons. The molecule has 0 aromatic heterocycles. The van der Waals surface area contributed by atoms with Crippen LogP contribution in [0, 0.1) is 0 Å². The minimum atomic E-state index is -0.0886. The number of carbonyl (C=O) groups is 1. The summed E-state index contributed by atoms with van der Waals surface area (Å²) in [5.74, 6) is 0. The van der Waals surface area contributed by atoms with Gasteiger partial charge in [0.25, 0.3) is 0 Å². The van der Waals surface area contributed by atoms with Gasteiger partial charge in [-0.25, -0.2) is 4.79 Å². The van der Waals surface area contributed by atoms with E-state index in [9.17, 15) is 4.79 Å². The second-order valence-electron chi connectivity index (χ2n) is 4.91. The van der Waals surface area contributed by atoms with Gasteiger partial charge >= 0.3 is 6.03 Å². The van der Waals surface area contributed by atoms with Crippen LogP contribution < -0.4 is 5.73 Å². The van der Waals surface area contributed by atoms with Gasteiger partial charge in [0.05, 0.1) is 6.04 Å². The highest BCUT2D eigenvalue weighted by Crippen LogP contribution is 2.24. The molecule has 2 N–H and O–H groups in total. The molecule has 0 bridgehead atoms. The Hall–Kier alpha value is -0.770. The molecular weight excluding hydrogens is 178 g/mol. The predicted molar refractivity (Wildman–Crippen MR) is 57.1 cm³/mol. The average Bonchev–Trinajstić information content (AvgIpc) is 2.32. The lowest BCUT2D eigenvalue weighted by Crippen LogP contribution is -2.43. The summed E-state index contributed by atoms with van der Waals surface area (Å²) in [6.45, 7) is 7.62. The van der Waals surface area contributed by atoms with Crippen molar-refractivity contribution in [2.45, 2.75) is 38.8 Å². The Labute approximate surface area is 86.0 Å². The lowest BCUT2D eigenvalue weighted by Gasteiger charge is -2.31. The van der Waals surface area contributed by atoms with Crippen LogP contribution in [-0.4, -0.2) is 47.5 Å². The zero-order valence-electron chi connectivity index (χ0n) is 9.58. The topological polar surface area (TPSA) is 49.6 Å². The molecular formula is C10H21N3O. The van der Waals surface area contributed by atoms with Crippen molar-refractivity contribution >= 4 is 6.03 Å². The molecule has 0 aliphatic carbocycles. The number of hydrogen-bond acceptors (Lipinski definition) is 2. The molecule has 1 unspecified atom stereocenters. The molecule has 0 aromatic rings. The fourth-order valence-electron chi connectivity index (χ4n) is 1.80. The van der Waals surface area contributed by atoms with E-state index in [1.165, 1.54) is 0 Å². The van der Waals surface area contributed by atoms with E-state index in [-0.39, 0.29) is 17.6 Å². The molecule has 0 saturated carbocycles. The number of carbonyl (C=O) groups excluding carboxylic acids is 1. The number of urea groups is 1. The van der Waals surface area contributed by atoms with E-state index in [2.05, 4.69) is 20.8 Å². The maximum Gasteiger partial charge on any atom is 0.320 e. The molecule has 1 aliphatic heterocycles. The third kappa shape index (κ3) is 2.00. The first-order valence-corrected chi connectivity index (χ1v) is 5.12. The van der Waals surface area contributed by atoms with Crippen LogP contribution in [0.3, 0.4) is 0 Å². The predicted octanol–water partition coefficient (Wildman–Crippen LogP) is 0.870. The van der Waals surface area contributed by atoms with Crippen molar-refractivity contribution < 1.29 is 4.79 Å². The Bertz CT molecular complexity index is 222. The standard InChI is InChI=1S/C10H21N3O/c1-10(2,3)13-7-8(5-6-11)12(4)9(13)14/h8H,5-7,11H2,1-4H3. The third-order valence-electron chi connectivity index (χ3n) is 2.78. The second kappa shape index (κ2) is 3.77. The summed E-state index contributed by atoms with van der Waals surface area (Å²) in [6, 6.07) is 0.405. The molecule has 1 heterocycles. The van der Waals surface area contributed by atoms with Gasteiger partial charge < -0.3 is 15.5 Å². The van der Waals surface area contributed by atoms with Crippen LogP contribution in [-0.2, 0) is 0 Å². The van der Waals surface area contributed by atoms with Gasteiger partial charge in [0.2, 0.25) is 0 Å². The van der Waals surface area contributed by atoms with Crippen LogP contribution >= 0.6 is 0 Å². The van der Waals surface area contributed by atoms with Gasteiger partial charge in [-0.15, -0.1) is 0 Å². The lowest BCUT2D eigenvalue weighted by molar-refractivity contribution is 0.159. The highest BCUT2D eigenvalue weighted by atomic mass is 16.2. The zero-order valence-corrected chi connectivity index (χ0v) is 9.58. The Balaban J connectivity index is 2.72. The summed E-state index contributed by atoms with van der Waals surface area (Å²) >= 11 is 0. The van der Waals surface area contributed by atoms with Crippen LogP contribution in [0.25, 0.3) is 0 Å². The molecule has 2 amide bonds. The zero-order chi connectivity index (χ0) is 10.9. The van der Waals surface area contributed by atoms with Gasteiger partial charge in [0.1, 0.15) is 0 Å². The fourth-order valence-corrected chi connectivity index (χ4v) is 1.80. The first kappa shape index (κ1) is 11.3. The SMILES string of the molecule is CN1C(=O)N(C(C)(C)C)CC1CCN. The van der Waals surface area contributed by atoms with Crippen molar-refractivity contribution in [1.82, 2.24) is 9.80 Å². The van der Waals surface area contributed by atoms with E-state index >= 15 is 0 Å². The summed E-state index contributed by atoms with van der Waals surface area (Å²) in [7, 11) is 1.86. The Kier molecular flexibility index (Phi) is 3.04. The molecule has 0 aromatic carbocycles. The van der Waals surface area contributed by atoms with Crippen LogP contribution in [0.4, 0.5) is 4.79 Å². The van der Waals surface area contributed by atoms with Crippen molar-refractivity contribution in [2.75, 3.05) is 20.1 Å². The molecule has 1 aliphatic rings. The average molecular weight is 199 g/mol. The van der Waals surface area contributed by atoms with Crippen molar-refractivity contribution in [3.63, 3.8) is 0 Å². The molecule has 0 spiro atoms. The first-order valence-electron chi connectivity index (χ1n) is 5.12.